The van der Waals surface area contributed by atoms with Crippen LogP contribution in [0.1, 0.15) is 10.4 Å². The van der Waals surface area contributed by atoms with Crippen LogP contribution in [0.2, 0.25) is 15.1 Å². The van der Waals surface area contributed by atoms with Crippen LogP contribution in [0, 0.1) is 0 Å². The Hall–Kier alpha value is -2.21. The number of carbonyl (C=O) groups is 1. The van der Waals surface area contributed by atoms with Crippen LogP contribution in [-0.4, -0.2) is 21.2 Å². The summed E-state index contributed by atoms with van der Waals surface area (Å²) in [5.41, 5.74) is 1.97. The highest BCUT2D eigenvalue weighted by atomic mass is 35.5. The third-order valence-electron chi connectivity index (χ3n) is 3.30. The first-order chi connectivity index (χ1) is 11.5. The lowest BCUT2D eigenvalue weighted by Crippen LogP contribution is -2.13. The number of aromatic hydroxyl groups is 1. The quantitative estimate of drug-likeness (QED) is 0.558. The molecule has 8 heteroatoms. The summed E-state index contributed by atoms with van der Waals surface area (Å²) >= 11 is 17.8. The summed E-state index contributed by atoms with van der Waals surface area (Å²) in [5, 5.41) is 19.4. The third-order valence-corrected chi connectivity index (χ3v) is 4.38. The second-order valence-corrected chi connectivity index (χ2v) is 6.08. The predicted octanol–water partition coefficient (Wildman–Crippen LogP) is 4.99. The number of H-pyrrole nitrogens is 1. The maximum Gasteiger partial charge on any atom is 0.261 e. The number of aromatic nitrogens is 2. The first kappa shape index (κ1) is 16.6. The van der Waals surface area contributed by atoms with Crippen LogP contribution >= 0.6 is 34.8 Å². The maximum atomic E-state index is 12.5. The number of aromatic amines is 1. The minimum absolute atomic E-state index is 0.0549. The summed E-state index contributed by atoms with van der Waals surface area (Å²) in [6.45, 7) is 0. The SMILES string of the molecule is O=C(Nc1cccc(-c2ccn[nH]2)c1)c1c(O)c(Cl)cc(Cl)c1Cl. The summed E-state index contributed by atoms with van der Waals surface area (Å²) in [7, 11) is 0. The average molecular weight is 383 g/mol. The van der Waals surface area contributed by atoms with Gasteiger partial charge in [0.25, 0.3) is 5.91 Å². The molecule has 0 fully saturated rings. The molecule has 5 nitrogen and oxygen atoms in total. The number of nitrogens with zero attached hydrogens (tertiary/aromatic N) is 1. The van der Waals surface area contributed by atoms with Crippen molar-refractivity contribution in [3.8, 4) is 17.0 Å². The van der Waals surface area contributed by atoms with Gasteiger partial charge in [-0.15, -0.1) is 0 Å². The van der Waals surface area contributed by atoms with Gasteiger partial charge < -0.3 is 10.4 Å². The van der Waals surface area contributed by atoms with Gasteiger partial charge in [0, 0.05) is 17.4 Å². The van der Waals surface area contributed by atoms with Crippen molar-refractivity contribution in [2.75, 3.05) is 5.32 Å². The minimum atomic E-state index is -0.622. The molecule has 0 saturated carbocycles. The van der Waals surface area contributed by atoms with Crippen LogP contribution in [0.25, 0.3) is 11.3 Å². The molecule has 0 atom stereocenters. The Kier molecular flexibility index (Phi) is 4.66. The molecule has 122 valence electrons. The summed E-state index contributed by atoms with van der Waals surface area (Å²) in [6.07, 6.45) is 1.63. The van der Waals surface area contributed by atoms with Gasteiger partial charge in [0.2, 0.25) is 0 Å². The molecule has 1 heterocycles. The molecule has 24 heavy (non-hydrogen) atoms. The molecule has 0 aliphatic carbocycles. The number of anilines is 1. The molecular weight excluding hydrogens is 373 g/mol. The van der Waals surface area contributed by atoms with Crippen molar-refractivity contribution >= 4 is 46.4 Å². The molecule has 1 amide bonds. The van der Waals surface area contributed by atoms with Crippen LogP contribution in [0.4, 0.5) is 5.69 Å². The number of phenols is 1. The van der Waals surface area contributed by atoms with E-state index >= 15 is 0 Å². The van der Waals surface area contributed by atoms with Crippen molar-refractivity contribution < 1.29 is 9.90 Å². The van der Waals surface area contributed by atoms with E-state index in [-0.39, 0.29) is 20.6 Å². The number of rotatable bonds is 3. The molecule has 0 bridgehead atoms. The molecule has 3 rings (SSSR count). The van der Waals surface area contributed by atoms with E-state index in [2.05, 4.69) is 15.5 Å². The normalized spacial score (nSPS) is 10.6. The second-order valence-electron chi connectivity index (χ2n) is 4.88. The third kappa shape index (κ3) is 3.19. The molecule has 0 unspecified atom stereocenters. The van der Waals surface area contributed by atoms with Crippen LogP contribution in [-0.2, 0) is 0 Å². The zero-order valence-corrected chi connectivity index (χ0v) is 14.2. The number of phenolic OH excluding ortho intramolecular Hbond substituents is 1. The largest absolute Gasteiger partial charge is 0.505 e. The first-order valence-electron chi connectivity index (χ1n) is 6.75. The van der Waals surface area contributed by atoms with Gasteiger partial charge in [-0.3, -0.25) is 9.89 Å². The van der Waals surface area contributed by atoms with Crippen LogP contribution in [0.15, 0.2) is 42.6 Å². The molecular formula is C16H10Cl3N3O2. The van der Waals surface area contributed by atoms with E-state index in [1.165, 1.54) is 6.07 Å². The van der Waals surface area contributed by atoms with Crippen LogP contribution < -0.4 is 5.32 Å². The minimum Gasteiger partial charge on any atom is -0.505 e. The number of amides is 1. The maximum absolute atomic E-state index is 12.5. The second kappa shape index (κ2) is 6.73. The van der Waals surface area contributed by atoms with Gasteiger partial charge in [0.1, 0.15) is 11.3 Å². The Morgan fingerprint density at radius 2 is 1.92 bits per heavy atom. The molecule has 2 aromatic carbocycles. The van der Waals surface area contributed by atoms with E-state index in [0.717, 1.165) is 11.3 Å². The Bertz CT molecular complexity index is 885. The Labute approximate surface area is 152 Å². The summed E-state index contributed by atoms with van der Waals surface area (Å²) < 4.78 is 0. The molecule has 0 saturated heterocycles. The van der Waals surface area contributed by atoms with Crippen molar-refractivity contribution in [1.29, 1.82) is 0 Å². The van der Waals surface area contributed by atoms with E-state index in [1.807, 2.05) is 6.07 Å². The summed E-state index contributed by atoms with van der Waals surface area (Å²) in [6, 6.07) is 10.2. The molecule has 0 spiro atoms. The lowest BCUT2D eigenvalue weighted by molar-refractivity contribution is 0.102. The Morgan fingerprint density at radius 3 is 2.62 bits per heavy atom. The van der Waals surface area contributed by atoms with Gasteiger partial charge in [0.05, 0.1) is 20.8 Å². The highest BCUT2D eigenvalue weighted by Gasteiger charge is 2.21. The Balaban J connectivity index is 1.93. The Morgan fingerprint density at radius 1 is 1.12 bits per heavy atom. The first-order valence-corrected chi connectivity index (χ1v) is 7.88. The molecule has 0 aliphatic rings. The fourth-order valence-electron chi connectivity index (χ4n) is 2.17. The van der Waals surface area contributed by atoms with Crippen molar-refractivity contribution in [3.05, 3.63) is 63.2 Å². The van der Waals surface area contributed by atoms with E-state index in [0.29, 0.717) is 5.69 Å². The topological polar surface area (TPSA) is 78.0 Å². The lowest BCUT2D eigenvalue weighted by Gasteiger charge is -2.11. The lowest BCUT2D eigenvalue weighted by atomic mass is 10.1. The fraction of sp³-hybridized carbons (Fsp3) is 0. The summed E-state index contributed by atoms with van der Waals surface area (Å²) in [4.78, 5) is 12.5. The van der Waals surface area contributed by atoms with Crippen molar-refractivity contribution in [2.24, 2.45) is 0 Å². The standard InChI is InChI=1S/C16H10Cl3N3O2/c17-10-7-11(18)15(23)13(14(10)19)16(24)21-9-3-1-2-8(6-9)12-4-5-20-22-12/h1-7,23H,(H,20,22)(H,21,24). The predicted molar refractivity (Wildman–Crippen MR) is 95.1 cm³/mol. The van der Waals surface area contributed by atoms with Gasteiger partial charge in [-0.25, -0.2) is 0 Å². The molecule has 3 aromatic rings. The number of carbonyl (C=O) groups excluding carboxylic acids is 1. The molecule has 3 N–H and O–H groups in total. The number of hydrogen-bond acceptors (Lipinski definition) is 3. The monoisotopic (exact) mass is 381 g/mol. The van der Waals surface area contributed by atoms with E-state index in [9.17, 15) is 9.90 Å². The molecule has 0 radical (unpaired) electrons. The van der Waals surface area contributed by atoms with Crippen molar-refractivity contribution in [2.45, 2.75) is 0 Å². The number of nitrogens with one attached hydrogen (secondary N) is 2. The van der Waals surface area contributed by atoms with E-state index in [4.69, 9.17) is 34.8 Å². The smallest absolute Gasteiger partial charge is 0.261 e. The van der Waals surface area contributed by atoms with Crippen molar-refractivity contribution in [3.63, 3.8) is 0 Å². The van der Waals surface area contributed by atoms with Crippen LogP contribution in [0.5, 0.6) is 5.75 Å². The highest BCUT2D eigenvalue weighted by Crippen LogP contribution is 2.38. The average Bonchev–Trinajstić information content (AvgIpc) is 3.08. The van der Waals surface area contributed by atoms with Gasteiger partial charge in [0.15, 0.2) is 0 Å². The summed E-state index contributed by atoms with van der Waals surface area (Å²) in [5.74, 6) is -1.04. The van der Waals surface area contributed by atoms with Gasteiger partial charge in [-0.1, -0.05) is 46.9 Å². The molecule has 0 aliphatic heterocycles. The zero-order chi connectivity index (χ0) is 17.3. The van der Waals surface area contributed by atoms with E-state index < -0.39 is 11.7 Å². The van der Waals surface area contributed by atoms with Crippen molar-refractivity contribution in [1.82, 2.24) is 10.2 Å². The number of benzene rings is 2. The van der Waals surface area contributed by atoms with Crippen LogP contribution in [0.3, 0.4) is 0 Å². The number of hydrogen-bond donors (Lipinski definition) is 3. The van der Waals surface area contributed by atoms with Gasteiger partial charge >= 0.3 is 0 Å². The number of halogens is 3. The van der Waals surface area contributed by atoms with E-state index in [1.54, 1.807) is 30.5 Å². The molecule has 1 aromatic heterocycles. The fourth-order valence-corrected chi connectivity index (χ4v) is 2.86. The van der Waals surface area contributed by atoms with Gasteiger partial charge in [-0.2, -0.15) is 5.10 Å². The zero-order valence-electron chi connectivity index (χ0n) is 12.0. The highest BCUT2D eigenvalue weighted by molar-refractivity contribution is 6.46. The van der Waals surface area contributed by atoms with Gasteiger partial charge in [-0.05, 0) is 24.3 Å².